The van der Waals surface area contributed by atoms with Crippen LogP contribution in [0.2, 0.25) is 0 Å². The lowest BCUT2D eigenvalue weighted by atomic mass is 9.74. The normalized spacial score (nSPS) is 28.1. The third-order valence-corrected chi connectivity index (χ3v) is 5.38. The summed E-state index contributed by atoms with van der Waals surface area (Å²) in [5, 5.41) is 3.64. The summed E-state index contributed by atoms with van der Waals surface area (Å²) in [5.74, 6) is 0. The molecule has 0 amide bonds. The number of piperidine rings is 2. The molecule has 2 heteroatoms. The van der Waals surface area contributed by atoms with Gasteiger partial charge in [-0.05, 0) is 57.2 Å². The minimum Gasteiger partial charge on any atom is -0.316 e. The van der Waals surface area contributed by atoms with E-state index in [-0.39, 0.29) is 0 Å². The smallest absolute Gasteiger partial charge is 0.00502 e. The lowest BCUT2D eigenvalue weighted by Gasteiger charge is -2.45. The summed E-state index contributed by atoms with van der Waals surface area (Å²) < 4.78 is 0. The van der Waals surface area contributed by atoms with Crippen LogP contribution in [0.3, 0.4) is 0 Å². The van der Waals surface area contributed by atoms with Crippen LogP contribution in [-0.2, 0) is 0 Å². The largest absolute Gasteiger partial charge is 0.316 e. The summed E-state index contributed by atoms with van der Waals surface area (Å²) >= 11 is 0. The second kappa shape index (κ2) is 9.04. The first-order valence-electron chi connectivity index (χ1n) is 9.28. The van der Waals surface area contributed by atoms with E-state index in [9.17, 15) is 0 Å². The van der Waals surface area contributed by atoms with Gasteiger partial charge in [0.05, 0.1) is 0 Å². The fourth-order valence-electron chi connectivity index (χ4n) is 4.17. The van der Waals surface area contributed by atoms with E-state index >= 15 is 0 Å². The van der Waals surface area contributed by atoms with Gasteiger partial charge in [0.2, 0.25) is 0 Å². The number of nitrogens with one attached hydrogen (secondary N) is 1. The quantitative estimate of drug-likeness (QED) is 0.670. The van der Waals surface area contributed by atoms with Crippen LogP contribution in [0, 0.1) is 5.41 Å². The Labute approximate surface area is 126 Å². The van der Waals surface area contributed by atoms with Crippen LogP contribution in [0.1, 0.15) is 77.6 Å². The summed E-state index contributed by atoms with van der Waals surface area (Å²) in [6.45, 7) is 8.91. The average molecular weight is 280 g/mol. The van der Waals surface area contributed by atoms with Crippen molar-refractivity contribution in [2.75, 3.05) is 32.7 Å². The monoisotopic (exact) mass is 280 g/mol. The van der Waals surface area contributed by atoms with Crippen LogP contribution >= 0.6 is 0 Å². The fraction of sp³-hybridized carbons (Fsp3) is 1.00. The van der Waals surface area contributed by atoms with E-state index in [4.69, 9.17) is 0 Å². The van der Waals surface area contributed by atoms with Gasteiger partial charge in [-0.15, -0.1) is 0 Å². The van der Waals surface area contributed by atoms with Crippen LogP contribution in [0.25, 0.3) is 0 Å². The highest BCUT2D eigenvalue weighted by Gasteiger charge is 2.35. The molecule has 0 aliphatic carbocycles. The molecule has 2 rings (SSSR count). The number of hydrogen-bond donors (Lipinski definition) is 1. The molecule has 2 nitrogen and oxygen atoms in total. The van der Waals surface area contributed by atoms with Crippen molar-refractivity contribution in [2.45, 2.75) is 77.6 Å². The van der Waals surface area contributed by atoms with Crippen LogP contribution in [0.5, 0.6) is 0 Å². The lowest BCUT2D eigenvalue weighted by molar-refractivity contribution is 0.0636. The zero-order valence-electron chi connectivity index (χ0n) is 13.8. The molecule has 0 aromatic carbocycles. The summed E-state index contributed by atoms with van der Waals surface area (Å²) in [6.07, 6.45) is 15.8. The first-order valence-corrected chi connectivity index (χ1v) is 9.28. The van der Waals surface area contributed by atoms with Gasteiger partial charge in [-0.3, -0.25) is 0 Å². The zero-order chi connectivity index (χ0) is 14.1. The highest BCUT2D eigenvalue weighted by Crippen LogP contribution is 2.35. The van der Waals surface area contributed by atoms with E-state index in [2.05, 4.69) is 17.1 Å². The first kappa shape index (κ1) is 16.3. The van der Waals surface area contributed by atoms with Crippen molar-refractivity contribution in [1.82, 2.24) is 10.2 Å². The number of likely N-dealkylation sites (tertiary alicyclic amines) is 1. The SMILES string of the molecule is CCCCCCCCCN1CCCC2(CCCNC2)C1. The van der Waals surface area contributed by atoms with E-state index in [1.807, 2.05) is 0 Å². The number of rotatable bonds is 8. The van der Waals surface area contributed by atoms with Gasteiger partial charge in [-0.1, -0.05) is 45.4 Å². The molecule has 0 radical (unpaired) electrons. The molecule has 2 saturated heterocycles. The topological polar surface area (TPSA) is 15.3 Å². The van der Waals surface area contributed by atoms with Gasteiger partial charge in [0.15, 0.2) is 0 Å². The number of unbranched alkanes of at least 4 members (excludes halogenated alkanes) is 6. The molecule has 1 atom stereocenters. The Balaban J connectivity index is 1.56. The number of hydrogen-bond acceptors (Lipinski definition) is 2. The molecule has 0 aromatic rings. The molecule has 1 N–H and O–H groups in total. The fourth-order valence-corrected chi connectivity index (χ4v) is 4.17. The second-order valence-corrected chi connectivity index (χ2v) is 7.28. The molecule has 2 aliphatic heterocycles. The Kier molecular flexibility index (Phi) is 7.37. The standard InChI is InChI=1S/C18H36N2/c1-2-3-4-5-6-7-8-14-20-15-10-12-18(17-20)11-9-13-19-16-18/h19H,2-17H2,1H3. The highest BCUT2D eigenvalue weighted by molar-refractivity contribution is 4.91. The molecule has 2 fully saturated rings. The summed E-state index contributed by atoms with van der Waals surface area (Å²) in [6, 6.07) is 0. The van der Waals surface area contributed by atoms with Crippen molar-refractivity contribution in [1.29, 1.82) is 0 Å². The first-order chi connectivity index (χ1) is 9.85. The van der Waals surface area contributed by atoms with E-state index in [0.717, 1.165) is 0 Å². The molecule has 2 aliphatic rings. The zero-order valence-corrected chi connectivity index (χ0v) is 13.8. The van der Waals surface area contributed by atoms with Crippen molar-refractivity contribution >= 4 is 0 Å². The number of nitrogens with zero attached hydrogens (tertiary/aromatic N) is 1. The molecule has 0 saturated carbocycles. The Morgan fingerprint density at radius 3 is 2.45 bits per heavy atom. The maximum absolute atomic E-state index is 3.64. The molecule has 2 heterocycles. The highest BCUT2D eigenvalue weighted by atomic mass is 15.1. The summed E-state index contributed by atoms with van der Waals surface area (Å²) in [4.78, 5) is 2.77. The Morgan fingerprint density at radius 2 is 1.70 bits per heavy atom. The predicted molar refractivity (Wildman–Crippen MR) is 88.2 cm³/mol. The molecule has 1 spiro atoms. The van der Waals surface area contributed by atoms with Crippen molar-refractivity contribution in [3.8, 4) is 0 Å². The third kappa shape index (κ3) is 5.37. The average Bonchev–Trinajstić information content (AvgIpc) is 2.47. The van der Waals surface area contributed by atoms with Crippen molar-refractivity contribution in [3.05, 3.63) is 0 Å². The van der Waals surface area contributed by atoms with Crippen LogP contribution < -0.4 is 5.32 Å². The Morgan fingerprint density at radius 1 is 0.950 bits per heavy atom. The van der Waals surface area contributed by atoms with Crippen molar-refractivity contribution in [3.63, 3.8) is 0 Å². The van der Waals surface area contributed by atoms with Crippen LogP contribution in [0.15, 0.2) is 0 Å². The van der Waals surface area contributed by atoms with E-state index in [1.54, 1.807) is 0 Å². The summed E-state index contributed by atoms with van der Waals surface area (Å²) in [7, 11) is 0. The van der Waals surface area contributed by atoms with Crippen molar-refractivity contribution in [2.24, 2.45) is 5.41 Å². The van der Waals surface area contributed by atoms with Gasteiger partial charge >= 0.3 is 0 Å². The molecule has 0 aromatic heterocycles. The van der Waals surface area contributed by atoms with Gasteiger partial charge in [0, 0.05) is 13.1 Å². The third-order valence-electron chi connectivity index (χ3n) is 5.38. The van der Waals surface area contributed by atoms with Gasteiger partial charge < -0.3 is 10.2 Å². The Hall–Kier alpha value is -0.0800. The second-order valence-electron chi connectivity index (χ2n) is 7.28. The maximum Gasteiger partial charge on any atom is 0.00502 e. The van der Waals surface area contributed by atoms with E-state index in [0.29, 0.717) is 5.41 Å². The van der Waals surface area contributed by atoms with Crippen LogP contribution in [-0.4, -0.2) is 37.6 Å². The van der Waals surface area contributed by atoms with E-state index < -0.39 is 0 Å². The predicted octanol–water partition coefficient (Wildman–Crippen LogP) is 4.20. The molecule has 20 heavy (non-hydrogen) atoms. The molecular formula is C18H36N2. The molecular weight excluding hydrogens is 244 g/mol. The van der Waals surface area contributed by atoms with Gasteiger partial charge in [0.1, 0.15) is 0 Å². The van der Waals surface area contributed by atoms with Crippen molar-refractivity contribution < 1.29 is 0 Å². The van der Waals surface area contributed by atoms with Crippen LogP contribution in [0.4, 0.5) is 0 Å². The lowest BCUT2D eigenvalue weighted by Crippen LogP contribution is -2.51. The summed E-state index contributed by atoms with van der Waals surface area (Å²) in [5.41, 5.74) is 0.637. The Bertz CT molecular complexity index is 240. The minimum absolute atomic E-state index is 0.637. The molecule has 118 valence electrons. The van der Waals surface area contributed by atoms with Gasteiger partial charge in [-0.25, -0.2) is 0 Å². The molecule has 0 bridgehead atoms. The van der Waals surface area contributed by atoms with E-state index in [1.165, 1.54) is 103 Å². The van der Waals surface area contributed by atoms with Gasteiger partial charge in [-0.2, -0.15) is 0 Å². The van der Waals surface area contributed by atoms with Gasteiger partial charge in [0.25, 0.3) is 0 Å². The molecule has 1 unspecified atom stereocenters. The maximum atomic E-state index is 3.64. The minimum atomic E-state index is 0.637.